The first-order valence-corrected chi connectivity index (χ1v) is 4.39. The fourth-order valence-corrected chi connectivity index (χ4v) is 1.22. The van der Waals surface area contributed by atoms with Crippen LogP contribution in [0.1, 0.15) is 16.1 Å². The van der Waals surface area contributed by atoms with Gasteiger partial charge >= 0.3 is 0 Å². The van der Waals surface area contributed by atoms with Crippen LogP contribution in [-0.2, 0) is 6.54 Å². The fraction of sp³-hybridized carbons (Fsp3) is 0.100. The number of carbonyl (C=O) groups is 1. The third-order valence-corrected chi connectivity index (χ3v) is 1.96. The summed E-state index contributed by atoms with van der Waals surface area (Å²) in [6.07, 6.45) is 5.41. The van der Waals surface area contributed by atoms with Gasteiger partial charge in [-0.15, -0.1) is 0 Å². The van der Waals surface area contributed by atoms with Crippen LogP contribution < -0.4 is 5.32 Å². The third kappa shape index (κ3) is 1.85. The van der Waals surface area contributed by atoms with E-state index < -0.39 is 0 Å². The van der Waals surface area contributed by atoms with Crippen molar-refractivity contribution in [1.29, 1.82) is 0 Å². The molecular formula is C10H11N3O. The number of hydrogen-bond acceptors (Lipinski definition) is 1. The average molecular weight is 189 g/mol. The molecule has 72 valence electrons. The van der Waals surface area contributed by atoms with Crippen molar-refractivity contribution >= 4 is 5.91 Å². The zero-order valence-corrected chi connectivity index (χ0v) is 7.58. The van der Waals surface area contributed by atoms with Gasteiger partial charge in [0.05, 0.1) is 0 Å². The molecule has 0 fully saturated rings. The second kappa shape index (κ2) is 3.83. The van der Waals surface area contributed by atoms with Crippen molar-refractivity contribution in [1.82, 2.24) is 15.3 Å². The monoisotopic (exact) mass is 189 g/mol. The molecule has 2 aromatic heterocycles. The zero-order chi connectivity index (χ0) is 9.80. The predicted octanol–water partition coefficient (Wildman–Crippen LogP) is 1.27. The van der Waals surface area contributed by atoms with Crippen molar-refractivity contribution in [3.63, 3.8) is 0 Å². The third-order valence-electron chi connectivity index (χ3n) is 1.96. The minimum Gasteiger partial charge on any atom is -0.367 e. The van der Waals surface area contributed by atoms with E-state index in [1.54, 1.807) is 18.3 Å². The number of H-pyrrole nitrogens is 2. The number of rotatable bonds is 3. The van der Waals surface area contributed by atoms with E-state index in [1.807, 2.05) is 18.5 Å². The second-order valence-electron chi connectivity index (χ2n) is 2.99. The standard InChI is InChI=1S/C10H11N3O/c14-10(9-2-1-4-12-9)13-7-8-3-5-11-6-8/h1-6,11-12H,7H2,(H,13,14). The van der Waals surface area contributed by atoms with Gasteiger partial charge in [-0.1, -0.05) is 0 Å². The molecule has 0 aliphatic heterocycles. The first-order chi connectivity index (χ1) is 6.86. The maximum Gasteiger partial charge on any atom is 0.267 e. The molecule has 0 spiro atoms. The lowest BCUT2D eigenvalue weighted by Gasteiger charge is -2.00. The van der Waals surface area contributed by atoms with Crippen molar-refractivity contribution in [2.75, 3.05) is 0 Å². The fourth-order valence-electron chi connectivity index (χ4n) is 1.22. The van der Waals surface area contributed by atoms with Gasteiger partial charge in [-0.05, 0) is 23.8 Å². The van der Waals surface area contributed by atoms with E-state index >= 15 is 0 Å². The highest BCUT2D eigenvalue weighted by atomic mass is 16.1. The van der Waals surface area contributed by atoms with E-state index in [2.05, 4.69) is 15.3 Å². The smallest absolute Gasteiger partial charge is 0.267 e. The molecule has 3 N–H and O–H groups in total. The number of carbonyl (C=O) groups excluding carboxylic acids is 1. The highest BCUT2D eigenvalue weighted by molar-refractivity contribution is 5.92. The highest BCUT2D eigenvalue weighted by Crippen LogP contribution is 1.98. The van der Waals surface area contributed by atoms with Crippen LogP contribution in [0, 0.1) is 0 Å². The van der Waals surface area contributed by atoms with Gasteiger partial charge in [0.25, 0.3) is 5.91 Å². The molecule has 0 radical (unpaired) electrons. The number of aromatic nitrogens is 2. The molecule has 0 aliphatic rings. The van der Waals surface area contributed by atoms with E-state index in [0.717, 1.165) is 5.56 Å². The molecule has 2 aromatic rings. The number of amides is 1. The number of hydrogen-bond donors (Lipinski definition) is 3. The summed E-state index contributed by atoms with van der Waals surface area (Å²) in [6, 6.07) is 5.46. The maximum absolute atomic E-state index is 11.4. The summed E-state index contributed by atoms with van der Waals surface area (Å²) in [5, 5.41) is 2.80. The lowest BCUT2D eigenvalue weighted by atomic mass is 10.3. The van der Waals surface area contributed by atoms with E-state index in [1.165, 1.54) is 0 Å². The van der Waals surface area contributed by atoms with Crippen LogP contribution in [0.25, 0.3) is 0 Å². The molecule has 0 aliphatic carbocycles. The van der Waals surface area contributed by atoms with Gasteiger partial charge in [-0.3, -0.25) is 4.79 Å². The zero-order valence-electron chi connectivity index (χ0n) is 7.58. The Morgan fingerprint density at radius 3 is 2.93 bits per heavy atom. The first-order valence-electron chi connectivity index (χ1n) is 4.39. The summed E-state index contributed by atoms with van der Waals surface area (Å²) in [4.78, 5) is 17.2. The van der Waals surface area contributed by atoms with Crippen molar-refractivity contribution in [2.24, 2.45) is 0 Å². The molecule has 14 heavy (non-hydrogen) atoms. The SMILES string of the molecule is O=C(NCc1cc[nH]c1)c1ccc[nH]1. The van der Waals surface area contributed by atoms with Crippen LogP contribution >= 0.6 is 0 Å². The number of nitrogens with one attached hydrogen (secondary N) is 3. The Bertz CT molecular complexity index is 389. The number of aromatic amines is 2. The van der Waals surface area contributed by atoms with Gasteiger partial charge in [-0.25, -0.2) is 0 Å². The molecular weight excluding hydrogens is 178 g/mol. The van der Waals surface area contributed by atoms with Gasteiger partial charge in [0.1, 0.15) is 5.69 Å². The van der Waals surface area contributed by atoms with Gasteiger partial charge in [0.2, 0.25) is 0 Å². The second-order valence-corrected chi connectivity index (χ2v) is 2.99. The molecule has 0 atom stereocenters. The van der Waals surface area contributed by atoms with Crippen LogP contribution in [-0.4, -0.2) is 15.9 Å². The van der Waals surface area contributed by atoms with Crippen molar-refractivity contribution in [3.05, 3.63) is 48.0 Å². The molecule has 0 aromatic carbocycles. The molecule has 1 amide bonds. The molecule has 0 saturated carbocycles. The molecule has 0 saturated heterocycles. The Morgan fingerprint density at radius 1 is 1.36 bits per heavy atom. The van der Waals surface area contributed by atoms with E-state index in [9.17, 15) is 4.79 Å². The van der Waals surface area contributed by atoms with E-state index in [4.69, 9.17) is 0 Å². The summed E-state index contributed by atoms with van der Waals surface area (Å²) in [5.41, 5.74) is 1.64. The summed E-state index contributed by atoms with van der Waals surface area (Å²) in [6.45, 7) is 0.543. The molecule has 0 unspecified atom stereocenters. The predicted molar refractivity (Wildman–Crippen MR) is 52.8 cm³/mol. The van der Waals surface area contributed by atoms with Gasteiger partial charge < -0.3 is 15.3 Å². The van der Waals surface area contributed by atoms with E-state index in [-0.39, 0.29) is 5.91 Å². The van der Waals surface area contributed by atoms with Crippen LogP contribution in [0.4, 0.5) is 0 Å². The molecule has 0 bridgehead atoms. The lowest BCUT2D eigenvalue weighted by molar-refractivity contribution is 0.0946. The first kappa shape index (κ1) is 8.62. The minimum atomic E-state index is -0.0869. The summed E-state index contributed by atoms with van der Waals surface area (Å²) >= 11 is 0. The topological polar surface area (TPSA) is 60.7 Å². The molecule has 4 heteroatoms. The highest BCUT2D eigenvalue weighted by Gasteiger charge is 2.04. The van der Waals surface area contributed by atoms with Crippen molar-refractivity contribution in [2.45, 2.75) is 6.54 Å². The Hall–Kier alpha value is -1.97. The maximum atomic E-state index is 11.4. The quantitative estimate of drug-likeness (QED) is 0.669. The Kier molecular flexibility index (Phi) is 2.36. The Balaban J connectivity index is 1.90. The van der Waals surface area contributed by atoms with Gasteiger partial charge in [0, 0.05) is 25.1 Å². The van der Waals surface area contributed by atoms with Crippen LogP contribution in [0.2, 0.25) is 0 Å². The van der Waals surface area contributed by atoms with Gasteiger partial charge in [0.15, 0.2) is 0 Å². The average Bonchev–Trinajstić information content (AvgIpc) is 2.87. The van der Waals surface area contributed by atoms with Crippen molar-refractivity contribution in [3.8, 4) is 0 Å². The van der Waals surface area contributed by atoms with Crippen LogP contribution in [0.15, 0.2) is 36.8 Å². The Morgan fingerprint density at radius 2 is 2.29 bits per heavy atom. The molecule has 4 nitrogen and oxygen atoms in total. The summed E-state index contributed by atoms with van der Waals surface area (Å²) in [7, 11) is 0. The van der Waals surface area contributed by atoms with E-state index in [0.29, 0.717) is 12.2 Å². The lowest BCUT2D eigenvalue weighted by Crippen LogP contribution is -2.22. The largest absolute Gasteiger partial charge is 0.367 e. The van der Waals surface area contributed by atoms with Crippen LogP contribution in [0.3, 0.4) is 0 Å². The normalized spacial score (nSPS) is 10.0. The minimum absolute atomic E-state index is 0.0869. The van der Waals surface area contributed by atoms with Crippen LogP contribution in [0.5, 0.6) is 0 Å². The summed E-state index contributed by atoms with van der Waals surface area (Å²) in [5.74, 6) is -0.0869. The molecule has 2 heterocycles. The van der Waals surface area contributed by atoms with Crippen molar-refractivity contribution < 1.29 is 4.79 Å². The summed E-state index contributed by atoms with van der Waals surface area (Å²) < 4.78 is 0. The van der Waals surface area contributed by atoms with Gasteiger partial charge in [-0.2, -0.15) is 0 Å². The molecule has 2 rings (SSSR count). The Labute approximate surface area is 81.3 Å².